The van der Waals surface area contributed by atoms with E-state index in [0.29, 0.717) is 12.0 Å². The lowest BCUT2D eigenvalue weighted by molar-refractivity contribution is -0.385. The minimum Gasteiger partial charge on any atom is -0.471 e. The number of hydrogen-bond donors (Lipinski definition) is 0. The number of hydrogen-bond acceptors (Lipinski definition) is 5. The van der Waals surface area contributed by atoms with Gasteiger partial charge < -0.3 is 9.47 Å². The van der Waals surface area contributed by atoms with E-state index >= 15 is 0 Å². The van der Waals surface area contributed by atoms with Crippen LogP contribution in [0.25, 0.3) is 11.1 Å². The monoisotopic (exact) mass is 299 g/mol. The van der Waals surface area contributed by atoms with Gasteiger partial charge in [0.1, 0.15) is 0 Å². The van der Waals surface area contributed by atoms with Gasteiger partial charge in [-0.1, -0.05) is 36.4 Å². The molecule has 0 aliphatic carbocycles. The van der Waals surface area contributed by atoms with Gasteiger partial charge in [-0.05, 0) is 17.2 Å². The predicted molar refractivity (Wildman–Crippen MR) is 78.5 cm³/mol. The van der Waals surface area contributed by atoms with Crippen LogP contribution in [0.4, 0.5) is 5.69 Å². The van der Waals surface area contributed by atoms with Gasteiger partial charge in [0.15, 0.2) is 11.9 Å². The molecule has 1 saturated heterocycles. The molecule has 2 aromatic carbocycles. The molecule has 0 amide bonds. The third-order valence-electron chi connectivity index (χ3n) is 3.42. The van der Waals surface area contributed by atoms with Gasteiger partial charge in [0.25, 0.3) is 0 Å². The fourth-order valence-corrected chi connectivity index (χ4v) is 2.31. The van der Waals surface area contributed by atoms with Crippen molar-refractivity contribution >= 4 is 11.7 Å². The summed E-state index contributed by atoms with van der Waals surface area (Å²) >= 11 is 0. The van der Waals surface area contributed by atoms with Crippen molar-refractivity contribution in [3.05, 3.63) is 58.6 Å². The Labute approximate surface area is 126 Å². The highest BCUT2D eigenvalue weighted by Crippen LogP contribution is 2.33. The first kappa shape index (κ1) is 14.1. The zero-order valence-corrected chi connectivity index (χ0v) is 11.6. The van der Waals surface area contributed by atoms with Crippen molar-refractivity contribution in [1.29, 1.82) is 0 Å². The molecule has 0 bridgehead atoms. The number of carbonyl (C=O) groups excluding carboxylic acids is 1. The summed E-state index contributed by atoms with van der Waals surface area (Å²) in [5, 5.41) is 11.3. The van der Waals surface area contributed by atoms with Crippen LogP contribution in [0.1, 0.15) is 6.42 Å². The van der Waals surface area contributed by atoms with Crippen molar-refractivity contribution in [2.45, 2.75) is 12.5 Å². The Hall–Kier alpha value is -2.89. The van der Waals surface area contributed by atoms with Crippen LogP contribution in [0.2, 0.25) is 0 Å². The molecule has 2 aromatic rings. The fraction of sp³-hybridized carbons (Fsp3) is 0.188. The summed E-state index contributed by atoms with van der Waals surface area (Å²) in [6.07, 6.45) is -0.377. The van der Waals surface area contributed by atoms with E-state index in [1.807, 2.05) is 30.3 Å². The standard InChI is InChI=1S/C16H13NO5/c18-16-15(8-9-21-16)22-14-7-6-12(10-13(14)17(19)20)11-4-2-1-3-5-11/h1-7,10,15H,8-9H2. The van der Waals surface area contributed by atoms with Crippen LogP contribution in [-0.2, 0) is 9.53 Å². The number of ether oxygens (including phenoxy) is 2. The van der Waals surface area contributed by atoms with E-state index in [2.05, 4.69) is 0 Å². The molecule has 112 valence electrons. The maximum atomic E-state index is 11.4. The summed E-state index contributed by atoms with van der Waals surface area (Å²) in [6.45, 7) is 0.277. The molecule has 0 aromatic heterocycles. The van der Waals surface area contributed by atoms with Crippen LogP contribution in [0, 0.1) is 10.1 Å². The van der Waals surface area contributed by atoms with Gasteiger partial charge in [-0.2, -0.15) is 0 Å². The van der Waals surface area contributed by atoms with Gasteiger partial charge in [-0.3, -0.25) is 10.1 Å². The number of nitro groups is 1. The van der Waals surface area contributed by atoms with Gasteiger partial charge in [0.05, 0.1) is 11.5 Å². The minimum atomic E-state index is -0.777. The van der Waals surface area contributed by atoms with E-state index in [9.17, 15) is 14.9 Å². The van der Waals surface area contributed by atoms with E-state index in [4.69, 9.17) is 9.47 Å². The molecule has 0 N–H and O–H groups in total. The molecule has 0 radical (unpaired) electrons. The summed E-state index contributed by atoms with van der Waals surface area (Å²) in [5.74, 6) is -0.407. The summed E-state index contributed by atoms with van der Waals surface area (Å²) in [6, 6.07) is 14.0. The van der Waals surface area contributed by atoms with Crippen LogP contribution in [0.3, 0.4) is 0 Å². The number of rotatable bonds is 4. The molecule has 1 atom stereocenters. The van der Waals surface area contributed by atoms with Crippen LogP contribution < -0.4 is 4.74 Å². The average molecular weight is 299 g/mol. The smallest absolute Gasteiger partial charge is 0.347 e. The number of nitro benzene ring substituents is 1. The largest absolute Gasteiger partial charge is 0.471 e. The fourth-order valence-electron chi connectivity index (χ4n) is 2.31. The molecular formula is C16H13NO5. The Morgan fingerprint density at radius 3 is 2.55 bits per heavy atom. The van der Waals surface area contributed by atoms with E-state index in [0.717, 1.165) is 5.56 Å². The normalized spacial score (nSPS) is 17.1. The second-order valence-electron chi connectivity index (χ2n) is 4.87. The lowest BCUT2D eigenvalue weighted by atomic mass is 10.0. The zero-order chi connectivity index (χ0) is 15.5. The molecule has 6 heteroatoms. The Balaban J connectivity index is 1.94. The first-order valence-electron chi connectivity index (χ1n) is 6.82. The summed E-state index contributed by atoms with van der Waals surface area (Å²) in [5.41, 5.74) is 1.42. The summed E-state index contributed by atoms with van der Waals surface area (Å²) in [7, 11) is 0. The van der Waals surface area contributed by atoms with Crippen molar-refractivity contribution in [2.75, 3.05) is 6.61 Å². The molecule has 22 heavy (non-hydrogen) atoms. The van der Waals surface area contributed by atoms with E-state index in [1.165, 1.54) is 12.1 Å². The van der Waals surface area contributed by atoms with Crippen molar-refractivity contribution < 1.29 is 19.2 Å². The lowest BCUT2D eigenvalue weighted by Crippen LogP contribution is -2.22. The first-order chi connectivity index (χ1) is 10.6. The zero-order valence-electron chi connectivity index (χ0n) is 11.6. The molecule has 0 spiro atoms. The van der Waals surface area contributed by atoms with Gasteiger partial charge in [-0.15, -0.1) is 0 Å². The number of carbonyl (C=O) groups is 1. The second kappa shape index (κ2) is 5.85. The second-order valence-corrected chi connectivity index (χ2v) is 4.87. The third-order valence-corrected chi connectivity index (χ3v) is 3.42. The minimum absolute atomic E-state index is 0.0773. The Bertz CT molecular complexity index is 714. The van der Waals surface area contributed by atoms with Crippen LogP contribution in [0.5, 0.6) is 5.75 Å². The van der Waals surface area contributed by atoms with E-state index < -0.39 is 17.0 Å². The molecule has 1 aliphatic rings. The maximum absolute atomic E-state index is 11.4. The SMILES string of the molecule is O=C1OCCC1Oc1ccc(-c2ccccc2)cc1[N+](=O)[O-]. The highest BCUT2D eigenvalue weighted by molar-refractivity contribution is 5.77. The van der Waals surface area contributed by atoms with Crippen molar-refractivity contribution in [3.63, 3.8) is 0 Å². The van der Waals surface area contributed by atoms with Crippen LogP contribution in [-0.4, -0.2) is 23.6 Å². The third kappa shape index (κ3) is 2.76. The van der Waals surface area contributed by atoms with Crippen LogP contribution in [0.15, 0.2) is 48.5 Å². The molecule has 1 heterocycles. The van der Waals surface area contributed by atoms with Crippen molar-refractivity contribution in [2.24, 2.45) is 0 Å². The molecule has 1 aliphatic heterocycles. The Morgan fingerprint density at radius 2 is 1.91 bits per heavy atom. The van der Waals surface area contributed by atoms with Gasteiger partial charge in [0.2, 0.25) is 0 Å². The quantitative estimate of drug-likeness (QED) is 0.492. The molecule has 6 nitrogen and oxygen atoms in total. The van der Waals surface area contributed by atoms with Crippen LogP contribution >= 0.6 is 0 Å². The molecule has 1 unspecified atom stereocenters. The number of benzene rings is 2. The highest BCUT2D eigenvalue weighted by Gasteiger charge is 2.30. The first-order valence-corrected chi connectivity index (χ1v) is 6.82. The molecule has 0 saturated carbocycles. The number of nitrogens with zero attached hydrogens (tertiary/aromatic N) is 1. The number of cyclic esters (lactones) is 1. The van der Waals surface area contributed by atoms with E-state index in [1.54, 1.807) is 6.07 Å². The predicted octanol–water partition coefficient (Wildman–Crippen LogP) is 2.96. The highest BCUT2D eigenvalue weighted by atomic mass is 16.6. The molecular weight excluding hydrogens is 286 g/mol. The maximum Gasteiger partial charge on any atom is 0.347 e. The van der Waals surface area contributed by atoms with Crippen molar-refractivity contribution in [1.82, 2.24) is 0 Å². The summed E-state index contributed by atoms with van der Waals surface area (Å²) < 4.78 is 10.3. The van der Waals surface area contributed by atoms with Gasteiger partial charge >= 0.3 is 11.7 Å². The summed E-state index contributed by atoms with van der Waals surface area (Å²) in [4.78, 5) is 22.2. The number of esters is 1. The van der Waals surface area contributed by atoms with E-state index in [-0.39, 0.29) is 18.0 Å². The lowest BCUT2D eigenvalue weighted by Gasteiger charge is -2.11. The van der Waals surface area contributed by atoms with Gasteiger partial charge in [-0.25, -0.2) is 4.79 Å². The molecule has 1 fully saturated rings. The van der Waals surface area contributed by atoms with Crippen molar-refractivity contribution in [3.8, 4) is 16.9 Å². The average Bonchev–Trinajstić information content (AvgIpc) is 2.93. The Morgan fingerprint density at radius 1 is 1.14 bits per heavy atom. The van der Waals surface area contributed by atoms with Gasteiger partial charge in [0, 0.05) is 12.5 Å². The Kier molecular flexibility index (Phi) is 3.74. The topological polar surface area (TPSA) is 78.7 Å². The molecule has 3 rings (SSSR count).